The van der Waals surface area contributed by atoms with Gasteiger partial charge in [0, 0.05) is 6.92 Å². The summed E-state index contributed by atoms with van der Waals surface area (Å²) in [5.41, 5.74) is 8.97. The van der Waals surface area contributed by atoms with Crippen LogP contribution >= 0.6 is 0 Å². The summed E-state index contributed by atoms with van der Waals surface area (Å²) in [5.74, 6) is -0.333. The lowest BCUT2D eigenvalue weighted by Crippen LogP contribution is -2.01. The highest BCUT2D eigenvalue weighted by atomic mass is 16.1. The van der Waals surface area contributed by atoms with Crippen LogP contribution in [0.2, 0.25) is 0 Å². The number of carbonyl (C=O) groups is 1. The number of primary amides is 1. The number of hydrogen-bond acceptors (Lipinski definition) is 2. The van der Waals surface area contributed by atoms with Crippen LogP contribution in [0.5, 0.6) is 0 Å². The second-order valence-electron chi connectivity index (χ2n) is 0.611. The topological polar surface area (TPSA) is 69.1 Å². The summed E-state index contributed by atoms with van der Waals surface area (Å²) in [5, 5.41) is 0. The number of hydrogen-bond donors (Lipinski definition) is 2. The summed E-state index contributed by atoms with van der Waals surface area (Å²) < 4.78 is 0. The van der Waals surface area contributed by atoms with Crippen LogP contribution in [-0.2, 0) is 4.79 Å². The zero-order valence-corrected chi connectivity index (χ0v) is 4.06. The van der Waals surface area contributed by atoms with Crippen molar-refractivity contribution in [1.29, 1.82) is 0 Å². The van der Waals surface area contributed by atoms with Gasteiger partial charge in [0.25, 0.3) is 0 Å². The van der Waals surface area contributed by atoms with Gasteiger partial charge in [0.05, 0.1) is 0 Å². The van der Waals surface area contributed by atoms with Crippen LogP contribution in [0.1, 0.15) is 6.92 Å². The third kappa shape index (κ3) is 62.3. The molecule has 0 aliphatic rings. The van der Waals surface area contributed by atoms with E-state index < -0.39 is 0 Å². The number of rotatable bonds is 0. The Balaban J connectivity index is 0. The molecule has 0 bridgehead atoms. The first kappa shape index (κ1) is 9.06. The second kappa shape index (κ2) is 8.83. The Hall–Kier alpha value is -0.570. The molecule has 0 aromatic heterocycles. The van der Waals surface area contributed by atoms with Crippen LogP contribution in [0.3, 0.4) is 0 Å². The van der Waals surface area contributed by atoms with Gasteiger partial charge in [-0.15, -0.1) is 0 Å². The largest absolute Gasteiger partial charge is 0.370 e. The van der Waals surface area contributed by atoms with E-state index in [9.17, 15) is 4.79 Å². The van der Waals surface area contributed by atoms with Crippen molar-refractivity contribution in [2.24, 2.45) is 11.5 Å². The minimum atomic E-state index is -0.333. The molecule has 0 saturated carbocycles. The fraction of sp³-hybridized carbons (Fsp3) is 0.667. The quantitative estimate of drug-likeness (QED) is 0.403. The Kier molecular flexibility index (Phi) is 13.3. The molecule has 0 fully saturated rings. The minimum Gasteiger partial charge on any atom is -0.370 e. The van der Waals surface area contributed by atoms with E-state index >= 15 is 0 Å². The molecule has 0 heterocycles. The first-order valence-electron chi connectivity index (χ1n) is 1.57. The molecule has 3 heteroatoms. The van der Waals surface area contributed by atoms with Crippen LogP contribution < -0.4 is 11.5 Å². The van der Waals surface area contributed by atoms with E-state index in [-0.39, 0.29) is 5.91 Å². The van der Waals surface area contributed by atoms with Crippen molar-refractivity contribution in [3.05, 3.63) is 0 Å². The third-order valence-corrected chi connectivity index (χ3v) is 0. The highest BCUT2D eigenvalue weighted by Crippen LogP contribution is 1.33. The zero-order valence-electron chi connectivity index (χ0n) is 4.06. The molecule has 3 nitrogen and oxygen atoms in total. The van der Waals surface area contributed by atoms with Crippen molar-refractivity contribution in [1.82, 2.24) is 0 Å². The van der Waals surface area contributed by atoms with Crippen molar-refractivity contribution in [3.8, 4) is 0 Å². The smallest absolute Gasteiger partial charge is 0.214 e. The predicted molar refractivity (Wildman–Crippen MR) is 25.0 cm³/mol. The van der Waals surface area contributed by atoms with E-state index in [0.717, 1.165) is 0 Å². The van der Waals surface area contributed by atoms with E-state index in [1.165, 1.54) is 14.0 Å². The molecule has 0 unspecified atom stereocenters. The number of carbonyl (C=O) groups excluding carboxylic acids is 1. The molecule has 0 aliphatic carbocycles. The molecule has 0 aromatic carbocycles. The van der Waals surface area contributed by atoms with Gasteiger partial charge in [0.15, 0.2) is 0 Å². The third-order valence-electron chi connectivity index (χ3n) is 0. The number of amides is 1. The lowest BCUT2D eigenvalue weighted by Gasteiger charge is -1.60. The van der Waals surface area contributed by atoms with Crippen molar-refractivity contribution < 1.29 is 4.79 Å². The molecule has 0 rings (SSSR count). The second-order valence-corrected chi connectivity index (χ2v) is 0.611. The average Bonchev–Trinajstić information content (AvgIpc) is 1.41. The molecule has 0 atom stereocenters. The van der Waals surface area contributed by atoms with Gasteiger partial charge in [-0.25, -0.2) is 0 Å². The monoisotopic (exact) mass is 90.1 g/mol. The van der Waals surface area contributed by atoms with Crippen molar-refractivity contribution >= 4 is 5.91 Å². The fourth-order valence-electron chi connectivity index (χ4n) is 0. The van der Waals surface area contributed by atoms with Gasteiger partial charge >= 0.3 is 0 Å². The van der Waals surface area contributed by atoms with Crippen LogP contribution in [0, 0.1) is 0 Å². The van der Waals surface area contributed by atoms with Gasteiger partial charge in [-0.2, -0.15) is 0 Å². The van der Waals surface area contributed by atoms with Crippen LogP contribution in [0.4, 0.5) is 0 Å². The van der Waals surface area contributed by atoms with E-state index in [1.54, 1.807) is 0 Å². The standard InChI is InChI=1S/C2H5NO.CH5N/c1-2(3)4;1-2/h1H3,(H2,3,4);2H2,1H3. The normalized spacial score (nSPS) is 5.17. The van der Waals surface area contributed by atoms with E-state index in [4.69, 9.17) is 0 Å². The summed E-state index contributed by atoms with van der Waals surface area (Å²) in [6, 6.07) is 0. The molecule has 0 aromatic rings. The Morgan fingerprint density at radius 3 is 1.50 bits per heavy atom. The SMILES string of the molecule is CC(N)=O.CN. The Morgan fingerprint density at radius 1 is 1.50 bits per heavy atom. The Bertz CT molecular complexity index is 31.8. The highest BCUT2D eigenvalue weighted by molar-refractivity contribution is 5.70. The highest BCUT2D eigenvalue weighted by Gasteiger charge is 1.61. The summed E-state index contributed by atoms with van der Waals surface area (Å²) in [7, 11) is 1.50. The summed E-state index contributed by atoms with van der Waals surface area (Å²) in [4.78, 5) is 9.22. The summed E-state index contributed by atoms with van der Waals surface area (Å²) >= 11 is 0. The lowest BCUT2D eigenvalue weighted by atomic mass is 10.8. The first-order valence-corrected chi connectivity index (χ1v) is 1.57. The van der Waals surface area contributed by atoms with E-state index in [2.05, 4.69) is 11.5 Å². The molecule has 38 valence electrons. The molecule has 1 amide bonds. The number of nitrogens with two attached hydrogens (primary N) is 2. The average molecular weight is 90.1 g/mol. The summed E-state index contributed by atoms with van der Waals surface area (Å²) in [6.45, 7) is 1.31. The van der Waals surface area contributed by atoms with E-state index in [1.807, 2.05) is 0 Å². The molecule has 0 radical (unpaired) electrons. The van der Waals surface area contributed by atoms with Gasteiger partial charge in [-0.05, 0) is 7.05 Å². The van der Waals surface area contributed by atoms with Crippen LogP contribution in [0.15, 0.2) is 0 Å². The van der Waals surface area contributed by atoms with Gasteiger partial charge in [-0.1, -0.05) is 0 Å². The molecule has 6 heavy (non-hydrogen) atoms. The molecular formula is C3H10N2O. The Labute approximate surface area is 37.3 Å². The maximum atomic E-state index is 9.22. The van der Waals surface area contributed by atoms with Gasteiger partial charge in [0.2, 0.25) is 5.91 Å². The maximum absolute atomic E-state index is 9.22. The zero-order chi connectivity index (χ0) is 5.58. The van der Waals surface area contributed by atoms with Crippen LogP contribution in [0.25, 0.3) is 0 Å². The lowest BCUT2D eigenvalue weighted by molar-refractivity contribution is -0.115. The van der Waals surface area contributed by atoms with Gasteiger partial charge in [-0.3, -0.25) is 4.79 Å². The molecule has 4 N–H and O–H groups in total. The van der Waals surface area contributed by atoms with E-state index in [0.29, 0.717) is 0 Å². The maximum Gasteiger partial charge on any atom is 0.214 e. The Morgan fingerprint density at radius 2 is 1.50 bits per heavy atom. The molecule has 0 saturated heterocycles. The van der Waals surface area contributed by atoms with Gasteiger partial charge in [0.1, 0.15) is 0 Å². The predicted octanol–water partition coefficient (Wildman–Crippen LogP) is -0.933. The van der Waals surface area contributed by atoms with Crippen LogP contribution in [-0.4, -0.2) is 13.0 Å². The van der Waals surface area contributed by atoms with Crippen molar-refractivity contribution in [2.75, 3.05) is 7.05 Å². The molecule has 0 spiro atoms. The van der Waals surface area contributed by atoms with Gasteiger partial charge < -0.3 is 11.5 Å². The van der Waals surface area contributed by atoms with Crippen molar-refractivity contribution in [2.45, 2.75) is 6.92 Å². The fourth-order valence-corrected chi connectivity index (χ4v) is 0. The molecule has 0 aliphatic heterocycles. The minimum absolute atomic E-state index is 0.333. The van der Waals surface area contributed by atoms with Crippen molar-refractivity contribution in [3.63, 3.8) is 0 Å². The first-order chi connectivity index (χ1) is 2.73. The summed E-state index contributed by atoms with van der Waals surface area (Å²) in [6.07, 6.45) is 0. The molecular weight excluding hydrogens is 80.0 g/mol.